The maximum Gasteiger partial charge on any atom is 0.337 e. The number of nitrogens with one attached hydrogen (secondary N) is 1. The molecule has 1 aliphatic heterocycles. The van der Waals surface area contributed by atoms with Crippen molar-refractivity contribution in [2.75, 3.05) is 17.2 Å². The van der Waals surface area contributed by atoms with Gasteiger partial charge in [-0.2, -0.15) is 0 Å². The van der Waals surface area contributed by atoms with Gasteiger partial charge >= 0.3 is 5.97 Å². The molecule has 0 atom stereocenters. The summed E-state index contributed by atoms with van der Waals surface area (Å²) >= 11 is 0. The summed E-state index contributed by atoms with van der Waals surface area (Å²) in [6.07, 6.45) is 0.938. The summed E-state index contributed by atoms with van der Waals surface area (Å²) in [4.78, 5) is 10.8. The second-order valence-electron chi connectivity index (χ2n) is 4.80. The number of carboxylic acid groups (broad SMARTS) is 1. The van der Waals surface area contributed by atoms with Crippen LogP contribution in [0, 0.1) is 0 Å². The number of nitrogens with two attached hydrogens (primary N) is 1. The quantitative estimate of drug-likeness (QED) is 0.674. The van der Waals surface area contributed by atoms with Gasteiger partial charge in [0.25, 0.3) is 0 Å². The number of anilines is 1. The highest BCUT2D eigenvalue weighted by atomic mass is 32.2. The van der Waals surface area contributed by atoms with E-state index in [9.17, 15) is 17.4 Å². The van der Waals surface area contributed by atoms with E-state index in [4.69, 9.17) is 10.8 Å². The van der Waals surface area contributed by atoms with Crippen molar-refractivity contribution in [3.05, 3.63) is 23.8 Å². The molecular weight excluding hydrogens is 316 g/mol. The van der Waals surface area contributed by atoms with Gasteiger partial charge in [-0.25, -0.2) is 17.9 Å². The summed E-state index contributed by atoms with van der Waals surface area (Å²) in [5.41, 5.74) is 5.40. The van der Waals surface area contributed by atoms with E-state index in [1.165, 1.54) is 12.1 Å². The van der Waals surface area contributed by atoms with Crippen molar-refractivity contribution in [3.8, 4) is 0 Å². The number of nitrogen functional groups attached to an aromatic ring is 1. The molecule has 4 N–H and O–H groups in total. The van der Waals surface area contributed by atoms with Crippen molar-refractivity contribution in [3.63, 3.8) is 0 Å². The second kappa shape index (κ2) is 6.12. The lowest BCUT2D eigenvalue weighted by molar-refractivity contribution is 0.0692. The fourth-order valence-electron chi connectivity index (χ4n) is 2.13. The largest absolute Gasteiger partial charge is 0.478 e. The Morgan fingerprint density at radius 3 is 2.52 bits per heavy atom. The monoisotopic (exact) mass is 332 g/mol. The number of hydrogen-bond donors (Lipinski definition) is 3. The molecular formula is C12H16N2O5S2. The smallest absolute Gasteiger partial charge is 0.337 e. The van der Waals surface area contributed by atoms with Crippen LogP contribution in [0.5, 0.6) is 0 Å². The maximum absolute atomic E-state index is 12.4. The molecule has 0 unspecified atom stereocenters. The molecule has 9 heteroatoms. The zero-order valence-electron chi connectivity index (χ0n) is 11.1. The number of carbonyl (C=O) groups is 1. The van der Waals surface area contributed by atoms with E-state index >= 15 is 0 Å². The highest BCUT2D eigenvalue weighted by Gasteiger charge is 2.27. The molecule has 2 rings (SSSR count). The van der Waals surface area contributed by atoms with Gasteiger partial charge in [0, 0.05) is 34.0 Å². The molecule has 1 saturated heterocycles. The third kappa shape index (κ3) is 3.80. The summed E-state index contributed by atoms with van der Waals surface area (Å²) in [6.45, 7) is 0. The Bertz CT molecular complexity index is 677. The predicted molar refractivity (Wildman–Crippen MR) is 79.0 cm³/mol. The van der Waals surface area contributed by atoms with E-state index < -0.39 is 26.8 Å². The molecule has 0 amide bonds. The number of hydrogen-bond acceptors (Lipinski definition) is 5. The number of benzene rings is 1. The van der Waals surface area contributed by atoms with Gasteiger partial charge in [0.2, 0.25) is 10.0 Å². The summed E-state index contributed by atoms with van der Waals surface area (Å²) in [6, 6.07) is 3.30. The van der Waals surface area contributed by atoms with E-state index in [1.807, 2.05) is 0 Å². The van der Waals surface area contributed by atoms with Gasteiger partial charge in [-0.1, -0.05) is 0 Å². The van der Waals surface area contributed by atoms with Gasteiger partial charge in [0.1, 0.15) is 0 Å². The van der Waals surface area contributed by atoms with E-state index in [1.54, 1.807) is 0 Å². The molecule has 116 valence electrons. The van der Waals surface area contributed by atoms with Crippen molar-refractivity contribution >= 4 is 32.5 Å². The van der Waals surface area contributed by atoms with Crippen LogP contribution in [0.4, 0.5) is 5.69 Å². The Balaban J connectivity index is 2.29. The van der Waals surface area contributed by atoms with Crippen LogP contribution < -0.4 is 10.5 Å². The minimum absolute atomic E-state index is 0.171. The maximum atomic E-state index is 12.4. The Hall–Kier alpha value is -1.45. The van der Waals surface area contributed by atoms with Crippen molar-refractivity contribution < 1.29 is 22.5 Å². The third-order valence-electron chi connectivity index (χ3n) is 3.24. The van der Waals surface area contributed by atoms with Gasteiger partial charge in [0.05, 0.1) is 10.5 Å². The Morgan fingerprint density at radius 1 is 1.33 bits per heavy atom. The van der Waals surface area contributed by atoms with Crippen LogP contribution in [0.15, 0.2) is 23.1 Å². The van der Waals surface area contributed by atoms with Crippen LogP contribution in [0.1, 0.15) is 23.2 Å². The topological polar surface area (TPSA) is 127 Å². The third-order valence-corrected chi connectivity index (χ3v) is 6.18. The number of rotatable bonds is 4. The van der Waals surface area contributed by atoms with Crippen molar-refractivity contribution in [1.29, 1.82) is 0 Å². The molecule has 7 nitrogen and oxygen atoms in total. The normalized spacial score (nSPS) is 22.9. The lowest BCUT2D eigenvalue weighted by Crippen LogP contribution is -2.40. The average molecular weight is 332 g/mol. The van der Waals surface area contributed by atoms with Gasteiger partial charge in [0.15, 0.2) is 0 Å². The molecule has 0 bridgehead atoms. The van der Waals surface area contributed by atoms with Crippen LogP contribution in [-0.2, 0) is 20.8 Å². The van der Waals surface area contributed by atoms with E-state index in [0.29, 0.717) is 24.3 Å². The number of sulfonamides is 1. The van der Waals surface area contributed by atoms with Crippen LogP contribution in [0.25, 0.3) is 0 Å². The van der Waals surface area contributed by atoms with Crippen LogP contribution in [0.2, 0.25) is 0 Å². The molecule has 0 spiro atoms. The van der Waals surface area contributed by atoms with E-state index in [2.05, 4.69) is 4.72 Å². The predicted octanol–water partition coefficient (Wildman–Crippen LogP) is 0.156. The Kier molecular flexibility index (Phi) is 4.64. The molecule has 0 radical (unpaired) electrons. The van der Waals surface area contributed by atoms with E-state index in [-0.39, 0.29) is 22.2 Å². The Morgan fingerprint density at radius 2 is 1.95 bits per heavy atom. The SMILES string of the molecule is Nc1ccc(C(=O)O)c(S(=O)(=O)NC2CCS(=O)CC2)c1. The van der Waals surface area contributed by atoms with Crippen molar-refractivity contribution in [2.24, 2.45) is 0 Å². The van der Waals surface area contributed by atoms with Gasteiger partial charge in [-0.05, 0) is 31.0 Å². The fraction of sp³-hybridized carbons (Fsp3) is 0.417. The fourth-order valence-corrected chi connectivity index (χ4v) is 4.97. The molecule has 0 aliphatic carbocycles. The molecule has 1 aromatic rings. The first kappa shape index (κ1) is 15.9. The zero-order chi connectivity index (χ0) is 15.6. The zero-order valence-corrected chi connectivity index (χ0v) is 12.7. The molecule has 1 heterocycles. The summed E-state index contributed by atoms with van der Waals surface area (Å²) < 4.78 is 38.5. The summed E-state index contributed by atoms with van der Waals surface area (Å²) in [5.74, 6) is -0.452. The molecule has 1 aliphatic rings. The standard InChI is InChI=1S/C12H16N2O5S2/c13-8-1-2-10(12(15)16)11(7-8)21(18,19)14-9-3-5-20(17)6-4-9/h1-2,7,9,14H,3-6,13H2,(H,15,16). The van der Waals surface area contributed by atoms with Gasteiger partial charge in [-0.3, -0.25) is 4.21 Å². The first-order valence-electron chi connectivity index (χ1n) is 6.30. The number of aromatic carboxylic acids is 1. The minimum atomic E-state index is -3.99. The van der Waals surface area contributed by atoms with Crippen LogP contribution in [-0.4, -0.2) is 41.3 Å². The highest BCUT2D eigenvalue weighted by Crippen LogP contribution is 2.21. The minimum Gasteiger partial charge on any atom is -0.478 e. The molecule has 0 saturated carbocycles. The summed E-state index contributed by atoms with van der Waals surface area (Å²) in [5, 5.41) is 9.09. The first-order chi connectivity index (χ1) is 9.79. The Labute approximate surface area is 125 Å². The molecule has 1 fully saturated rings. The first-order valence-corrected chi connectivity index (χ1v) is 9.27. The van der Waals surface area contributed by atoms with Crippen LogP contribution in [0.3, 0.4) is 0 Å². The lowest BCUT2D eigenvalue weighted by atomic mass is 10.2. The molecule has 21 heavy (non-hydrogen) atoms. The lowest BCUT2D eigenvalue weighted by Gasteiger charge is -2.22. The number of carboxylic acids is 1. The summed E-state index contributed by atoms with van der Waals surface area (Å²) in [7, 11) is -4.88. The average Bonchev–Trinajstić information content (AvgIpc) is 2.41. The van der Waals surface area contributed by atoms with Crippen molar-refractivity contribution in [2.45, 2.75) is 23.8 Å². The van der Waals surface area contributed by atoms with Gasteiger partial charge < -0.3 is 10.8 Å². The second-order valence-corrected chi connectivity index (χ2v) is 8.18. The van der Waals surface area contributed by atoms with Crippen molar-refractivity contribution in [1.82, 2.24) is 4.72 Å². The highest BCUT2D eigenvalue weighted by molar-refractivity contribution is 7.89. The molecule has 0 aromatic heterocycles. The van der Waals surface area contributed by atoms with E-state index in [0.717, 1.165) is 6.07 Å². The van der Waals surface area contributed by atoms with Crippen LogP contribution >= 0.6 is 0 Å². The van der Waals surface area contributed by atoms with Gasteiger partial charge in [-0.15, -0.1) is 0 Å². The molecule has 1 aromatic carbocycles.